The molecule has 0 saturated carbocycles. The van der Waals surface area contributed by atoms with E-state index >= 15 is 0 Å². The molecule has 23 heavy (non-hydrogen) atoms. The van der Waals surface area contributed by atoms with Crippen LogP contribution in [0, 0.1) is 6.92 Å². The summed E-state index contributed by atoms with van der Waals surface area (Å²) >= 11 is 1.91. The number of hydrogen-bond donors (Lipinski definition) is 2. The van der Waals surface area contributed by atoms with E-state index < -0.39 is 0 Å². The molecule has 124 valence electrons. The molecule has 1 aromatic heterocycles. The Hall–Kier alpha value is -2.02. The molecule has 1 aromatic carbocycles. The fourth-order valence-electron chi connectivity index (χ4n) is 1.98. The largest absolute Gasteiger partial charge is 0.356 e. The lowest BCUT2D eigenvalue weighted by atomic mass is 10.2. The Morgan fingerprint density at radius 1 is 1.26 bits per heavy atom. The predicted molar refractivity (Wildman–Crippen MR) is 96.5 cm³/mol. The van der Waals surface area contributed by atoms with Crippen LogP contribution in [0.1, 0.15) is 17.0 Å². The van der Waals surface area contributed by atoms with Crippen LogP contribution < -0.4 is 10.6 Å². The summed E-state index contributed by atoms with van der Waals surface area (Å²) in [5, 5.41) is 10.6. The maximum absolute atomic E-state index is 4.21. The summed E-state index contributed by atoms with van der Waals surface area (Å²) in [6, 6.07) is 8.70. The maximum Gasteiger partial charge on any atom is 0.191 e. The van der Waals surface area contributed by atoms with Crippen LogP contribution in [0.5, 0.6) is 0 Å². The molecule has 0 radical (unpaired) electrons. The zero-order valence-corrected chi connectivity index (χ0v) is 14.7. The summed E-state index contributed by atoms with van der Waals surface area (Å²) in [6.45, 7) is 3.59. The Kier molecular flexibility index (Phi) is 6.93. The Morgan fingerprint density at radius 3 is 2.70 bits per heavy atom. The summed E-state index contributed by atoms with van der Waals surface area (Å²) in [5.41, 5.74) is 2.67. The third-order valence-corrected chi connectivity index (χ3v) is 4.40. The molecule has 0 aliphatic heterocycles. The normalized spacial score (nSPS) is 11.5. The van der Waals surface area contributed by atoms with Crippen molar-refractivity contribution < 1.29 is 0 Å². The van der Waals surface area contributed by atoms with E-state index in [-0.39, 0.29) is 0 Å². The van der Waals surface area contributed by atoms with E-state index in [9.17, 15) is 0 Å². The van der Waals surface area contributed by atoms with Crippen LogP contribution in [-0.2, 0) is 19.3 Å². The van der Waals surface area contributed by atoms with E-state index in [2.05, 4.69) is 56.9 Å². The first kappa shape index (κ1) is 17.3. The molecule has 0 atom stereocenters. The minimum Gasteiger partial charge on any atom is -0.356 e. The zero-order valence-electron chi connectivity index (χ0n) is 13.9. The quantitative estimate of drug-likeness (QED) is 0.459. The van der Waals surface area contributed by atoms with Crippen LogP contribution >= 0.6 is 11.8 Å². The Balaban J connectivity index is 1.62. The number of thioether (sulfide) groups is 1. The molecule has 0 saturated heterocycles. The van der Waals surface area contributed by atoms with E-state index in [4.69, 9.17) is 0 Å². The molecular formula is C16H24N6S. The molecule has 0 spiro atoms. The minimum atomic E-state index is 0.604. The van der Waals surface area contributed by atoms with Crippen molar-refractivity contribution in [2.24, 2.45) is 12.0 Å². The van der Waals surface area contributed by atoms with Crippen molar-refractivity contribution in [2.45, 2.75) is 19.2 Å². The average molecular weight is 332 g/mol. The van der Waals surface area contributed by atoms with Gasteiger partial charge in [0.15, 0.2) is 5.96 Å². The molecule has 2 aromatic rings. The lowest BCUT2D eigenvalue weighted by Gasteiger charge is -2.11. The van der Waals surface area contributed by atoms with Crippen molar-refractivity contribution in [3.05, 3.63) is 47.5 Å². The van der Waals surface area contributed by atoms with Crippen molar-refractivity contribution in [1.29, 1.82) is 0 Å². The molecule has 0 amide bonds. The van der Waals surface area contributed by atoms with Gasteiger partial charge in [0.2, 0.25) is 0 Å². The highest BCUT2D eigenvalue weighted by atomic mass is 32.2. The standard InChI is InChI=1S/C16H24N6S/c1-13-4-6-14(7-5-13)11-23-9-8-18-16(17-2)19-10-15-20-12-21-22(15)3/h4-7,12H,8-11H2,1-3H3,(H2,17,18,19). The van der Waals surface area contributed by atoms with Gasteiger partial charge >= 0.3 is 0 Å². The van der Waals surface area contributed by atoms with Crippen LogP contribution in [0.4, 0.5) is 0 Å². The van der Waals surface area contributed by atoms with E-state index in [0.717, 1.165) is 29.8 Å². The number of aryl methyl sites for hydroxylation is 2. The smallest absolute Gasteiger partial charge is 0.191 e. The Bertz CT molecular complexity index is 620. The van der Waals surface area contributed by atoms with E-state index in [0.29, 0.717) is 6.54 Å². The van der Waals surface area contributed by atoms with Crippen LogP contribution in [0.2, 0.25) is 0 Å². The molecule has 1 heterocycles. The van der Waals surface area contributed by atoms with Gasteiger partial charge in [0.05, 0.1) is 6.54 Å². The second-order valence-electron chi connectivity index (χ2n) is 5.19. The van der Waals surface area contributed by atoms with Gasteiger partial charge in [-0.05, 0) is 12.5 Å². The number of guanidine groups is 1. The Labute approximate surface area is 141 Å². The van der Waals surface area contributed by atoms with E-state index in [1.165, 1.54) is 11.1 Å². The fraction of sp³-hybridized carbons (Fsp3) is 0.438. The van der Waals surface area contributed by atoms with Gasteiger partial charge in [0, 0.05) is 32.1 Å². The first-order valence-electron chi connectivity index (χ1n) is 7.59. The fourth-order valence-corrected chi connectivity index (χ4v) is 2.80. The van der Waals surface area contributed by atoms with E-state index in [1.54, 1.807) is 18.1 Å². The van der Waals surface area contributed by atoms with E-state index in [1.807, 2.05) is 18.8 Å². The van der Waals surface area contributed by atoms with Gasteiger partial charge in [-0.15, -0.1) is 0 Å². The zero-order chi connectivity index (χ0) is 16.5. The highest BCUT2D eigenvalue weighted by molar-refractivity contribution is 7.98. The number of nitrogens with one attached hydrogen (secondary N) is 2. The lowest BCUT2D eigenvalue weighted by Crippen LogP contribution is -2.38. The summed E-state index contributed by atoms with van der Waals surface area (Å²) in [7, 11) is 3.65. The average Bonchev–Trinajstić information content (AvgIpc) is 2.97. The molecule has 2 N–H and O–H groups in total. The van der Waals surface area contributed by atoms with Crippen molar-refractivity contribution in [1.82, 2.24) is 25.4 Å². The highest BCUT2D eigenvalue weighted by Gasteiger charge is 2.02. The summed E-state index contributed by atoms with van der Waals surface area (Å²) in [4.78, 5) is 8.38. The number of benzene rings is 1. The van der Waals surface area contributed by atoms with Gasteiger partial charge in [0.25, 0.3) is 0 Å². The molecule has 6 nitrogen and oxygen atoms in total. The van der Waals surface area contributed by atoms with Crippen LogP contribution in [0.3, 0.4) is 0 Å². The second kappa shape index (κ2) is 9.19. The number of nitrogens with zero attached hydrogens (tertiary/aromatic N) is 4. The number of aromatic nitrogens is 3. The number of hydrogen-bond acceptors (Lipinski definition) is 4. The van der Waals surface area contributed by atoms with Gasteiger partial charge < -0.3 is 10.6 Å². The maximum atomic E-state index is 4.21. The molecule has 0 bridgehead atoms. The van der Waals surface area contributed by atoms with Crippen molar-refractivity contribution in [3.63, 3.8) is 0 Å². The second-order valence-corrected chi connectivity index (χ2v) is 6.30. The summed E-state index contributed by atoms with van der Waals surface area (Å²) in [5.74, 6) is 3.72. The van der Waals surface area contributed by atoms with Crippen molar-refractivity contribution >= 4 is 17.7 Å². The first-order valence-corrected chi connectivity index (χ1v) is 8.75. The number of aliphatic imine (C=N–C) groups is 1. The number of rotatable bonds is 7. The van der Waals surface area contributed by atoms with Crippen LogP contribution in [0.15, 0.2) is 35.6 Å². The molecule has 2 rings (SSSR count). The summed E-state index contributed by atoms with van der Waals surface area (Å²) < 4.78 is 1.75. The van der Waals surface area contributed by atoms with Gasteiger partial charge in [-0.1, -0.05) is 29.8 Å². The molecule has 0 fully saturated rings. The third-order valence-electron chi connectivity index (χ3n) is 3.37. The molecule has 0 aliphatic rings. The molecular weight excluding hydrogens is 308 g/mol. The molecule has 0 aliphatic carbocycles. The van der Waals surface area contributed by atoms with Crippen molar-refractivity contribution in [2.75, 3.05) is 19.3 Å². The van der Waals surface area contributed by atoms with Gasteiger partial charge in [-0.25, -0.2) is 4.98 Å². The minimum absolute atomic E-state index is 0.604. The SMILES string of the molecule is CN=C(NCCSCc1ccc(C)cc1)NCc1ncnn1C. The third kappa shape index (κ3) is 5.94. The first-order chi connectivity index (χ1) is 11.2. The molecule has 0 unspecified atom stereocenters. The lowest BCUT2D eigenvalue weighted by molar-refractivity contribution is 0.674. The highest BCUT2D eigenvalue weighted by Crippen LogP contribution is 2.12. The van der Waals surface area contributed by atoms with Gasteiger partial charge in [-0.3, -0.25) is 9.67 Å². The summed E-state index contributed by atoms with van der Waals surface area (Å²) in [6.07, 6.45) is 1.55. The monoisotopic (exact) mass is 332 g/mol. The van der Waals surface area contributed by atoms with Crippen LogP contribution in [-0.4, -0.2) is 40.1 Å². The van der Waals surface area contributed by atoms with Crippen molar-refractivity contribution in [3.8, 4) is 0 Å². The van der Waals surface area contributed by atoms with Gasteiger partial charge in [-0.2, -0.15) is 16.9 Å². The Morgan fingerprint density at radius 2 is 2.04 bits per heavy atom. The topological polar surface area (TPSA) is 67.1 Å². The van der Waals surface area contributed by atoms with Crippen LogP contribution in [0.25, 0.3) is 0 Å². The predicted octanol–water partition coefficient (Wildman–Crippen LogP) is 1.72. The molecule has 7 heteroatoms. The van der Waals surface area contributed by atoms with Gasteiger partial charge in [0.1, 0.15) is 12.2 Å².